The Morgan fingerprint density at radius 2 is 2.31 bits per heavy atom. The van der Waals surface area contributed by atoms with Gasteiger partial charge in [0.25, 0.3) is 0 Å². The van der Waals surface area contributed by atoms with Crippen LogP contribution in [0.4, 0.5) is 0 Å². The molecule has 16 heavy (non-hydrogen) atoms. The SMILES string of the molecule is COC(=O)CS(=O)(=O)NC(C)c1nn[nH]n1. The van der Waals surface area contributed by atoms with Gasteiger partial charge in [0.2, 0.25) is 10.0 Å². The molecule has 0 saturated heterocycles. The van der Waals surface area contributed by atoms with E-state index >= 15 is 0 Å². The standard InChI is InChI=1S/C6H11N5O4S/c1-4(6-7-10-11-8-6)9-16(13,14)3-5(12)15-2/h4,9H,3H2,1-2H3,(H,7,8,10,11). The molecule has 90 valence electrons. The van der Waals surface area contributed by atoms with Gasteiger partial charge in [0.05, 0.1) is 13.2 Å². The quantitative estimate of drug-likeness (QED) is 0.598. The van der Waals surface area contributed by atoms with E-state index in [-0.39, 0.29) is 5.82 Å². The monoisotopic (exact) mass is 249 g/mol. The molecule has 1 aromatic rings. The Labute approximate surface area is 91.6 Å². The molecule has 10 heteroatoms. The fourth-order valence-corrected chi connectivity index (χ4v) is 2.09. The Hall–Kier alpha value is -1.55. The first kappa shape index (κ1) is 12.5. The second-order valence-corrected chi connectivity index (χ2v) is 4.70. The van der Waals surface area contributed by atoms with Crippen LogP contribution in [0.1, 0.15) is 18.8 Å². The molecule has 0 aliphatic rings. The van der Waals surface area contributed by atoms with Gasteiger partial charge in [0.15, 0.2) is 11.6 Å². The highest BCUT2D eigenvalue weighted by Gasteiger charge is 2.22. The Balaban J connectivity index is 2.63. The lowest BCUT2D eigenvalue weighted by molar-refractivity contribution is -0.137. The summed E-state index contributed by atoms with van der Waals surface area (Å²) in [7, 11) is -2.65. The van der Waals surface area contributed by atoms with Crippen LogP contribution in [-0.2, 0) is 19.6 Å². The summed E-state index contributed by atoms with van der Waals surface area (Å²) in [5.41, 5.74) is 0. The number of hydrogen-bond acceptors (Lipinski definition) is 7. The van der Waals surface area contributed by atoms with Crippen LogP contribution in [0.25, 0.3) is 0 Å². The molecule has 0 spiro atoms. The molecule has 1 heterocycles. The van der Waals surface area contributed by atoms with E-state index in [2.05, 4.69) is 30.1 Å². The van der Waals surface area contributed by atoms with Gasteiger partial charge in [-0.05, 0) is 6.92 Å². The van der Waals surface area contributed by atoms with E-state index < -0.39 is 27.8 Å². The van der Waals surface area contributed by atoms with Crippen LogP contribution in [0.3, 0.4) is 0 Å². The number of nitrogens with zero attached hydrogens (tertiary/aromatic N) is 3. The van der Waals surface area contributed by atoms with E-state index in [1.807, 2.05) is 0 Å². The Morgan fingerprint density at radius 3 is 2.81 bits per heavy atom. The predicted molar refractivity (Wildman–Crippen MR) is 51.5 cm³/mol. The zero-order chi connectivity index (χ0) is 12.2. The third-order valence-corrected chi connectivity index (χ3v) is 2.97. The van der Waals surface area contributed by atoms with Crippen molar-refractivity contribution in [2.24, 2.45) is 0 Å². The van der Waals surface area contributed by atoms with Crippen molar-refractivity contribution in [1.82, 2.24) is 25.3 Å². The van der Waals surface area contributed by atoms with Crippen molar-refractivity contribution in [3.8, 4) is 0 Å². The zero-order valence-electron chi connectivity index (χ0n) is 8.67. The van der Waals surface area contributed by atoms with E-state index in [9.17, 15) is 13.2 Å². The number of aromatic nitrogens is 4. The summed E-state index contributed by atoms with van der Waals surface area (Å²) in [6.45, 7) is 1.53. The van der Waals surface area contributed by atoms with Crippen LogP contribution in [0.5, 0.6) is 0 Å². The number of hydrogen-bond donors (Lipinski definition) is 2. The summed E-state index contributed by atoms with van der Waals surface area (Å²) in [5.74, 6) is -1.40. The summed E-state index contributed by atoms with van der Waals surface area (Å²) >= 11 is 0. The van der Waals surface area contributed by atoms with Gasteiger partial charge in [0, 0.05) is 0 Å². The number of carbonyl (C=O) groups excluding carboxylic acids is 1. The van der Waals surface area contributed by atoms with Crippen molar-refractivity contribution in [1.29, 1.82) is 0 Å². The lowest BCUT2D eigenvalue weighted by Gasteiger charge is -2.09. The molecule has 0 amide bonds. The fraction of sp³-hybridized carbons (Fsp3) is 0.667. The molecule has 0 bridgehead atoms. The number of methoxy groups -OCH3 is 1. The number of sulfonamides is 1. The Kier molecular flexibility index (Phi) is 3.90. The van der Waals surface area contributed by atoms with Crippen LogP contribution in [0, 0.1) is 0 Å². The molecule has 0 aromatic carbocycles. The third kappa shape index (κ3) is 3.55. The largest absolute Gasteiger partial charge is 0.468 e. The average molecular weight is 249 g/mol. The van der Waals surface area contributed by atoms with E-state index in [1.165, 1.54) is 6.92 Å². The van der Waals surface area contributed by atoms with Gasteiger partial charge in [0.1, 0.15) is 0 Å². The fourth-order valence-electron chi connectivity index (χ4n) is 0.931. The molecule has 0 fully saturated rings. The second-order valence-electron chi connectivity index (χ2n) is 2.94. The number of rotatable bonds is 5. The molecule has 0 aliphatic carbocycles. The smallest absolute Gasteiger partial charge is 0.322 e. The number of aromatic amines is 1. The van der Waals surface area contributed by atoms with Crippen LogP contribution in [0.2, 0.25) is 0 Å². The summed E-state index contributed by atoms with van der Waals surface area (Å²) in [6.07, 6.45) is 0. The van der Waals surface area contributed by atoms with Crippen molar-refractivity contribution in [2.75, 3.05) is 12.9 Å². The Morgan fingerprint density at radius 1 is 1.62 bits per heavy atom. The van der Waals surface area contributed by atoms with E-state index in [4.69, 9.17) is 0 Å². The molecule has 1 unspecified atom stereocenters. The molecule has 2 N–H and O–H groups in total. The maximum absolute atomic E-state index is 11.4. The minimum atomic E-state index is -3.76. The first-order valence-electron chi connectivity index (χ1n) is 4.25. The van der Waals surface area contributed by atoms with Crippen molar-refractivity contribution in [2.45, 2.75) is 13.0 Å². The molecule has 0 aliphatic heterocycles. The van der Waals surface area contributed by atoms with Gasteiger partial charge >= 0.3 is 5.97 Å². The molecular weight excluding hydrogens is 238 g/mol. The number of ether oxygens (including phenoxy) is 1. The van der Waals surface area contributed by atoms with Crippen molar-refractivity contribution in [3.63, 3.8) is 0 Å². The lowest BCUT2D eigenvalue weighted by Crippen LogP contribution is -2.33. The van der Waals surface area contributed by atoms with Crippen LogP contribution >= 0.6 is 0 Å². The molecule has 1 rings (SSSR count). The third-order valence-electron chi connectivity index (χ3n) is 1.64. The van der Waals surface area contributed by atoms with Crippen molar-refractivity contribution in [3.05, 3.63) is 5.82 Å². The molecular formula is C6H11N5O4S. The lowest BCUT2D eigenvalue weighted by atomic mass is 10.4. The van der Waals surface area contributed by atoms with Crippen LogP contribution in [-0.4, -0.2) is 47.9 Å². The number of carbonyl (C=O) groups is 1. The summed E-state index contributed by atoms with van der Waals surface area (Å²) in [4.78, 5) is 10.8. The van der Waals surface area contributed by atoms with E-state index in [0.29, 0.717) is 0 Å². The Bertz CT molecular complexity index is 441. The number of esters is 1. The zero-order valence-corrected chi connectivity index (χ0v) is 9.48. The maximum Gasteiger partial charge on any atom is 0.322 e. The molecule has 1 atom stereocenters. The van der Waals surface area contributed by atoms with Crippen molar-refractivity contribution < 1.29 is 17.9 Å². The highest BCUT2D eigenvalue weighted by molar-refractivity contribution is 7.90. The normalized spacial score (nSPS) is 13.4. The summed E-state index contributed by atoms with van der Waals surface area (Å²) in [6, 6.07) is -0.673. The number of H-pyrrole nitrogens is 1. The molecule has 1 aromatic heterocycles. The van der Waals surface area contributed by atoms with Gasteiger partial charge in [-0.1, -0.05) is 5.21 Å². The van der Waals surface area contributed by atoms with E-state index in [0.717, 1.165) is 7.11 Å². The molecule has 0 radical (unpaired) electrons. The van der Waals surface area contributed by atoms with Crippen LogP contribution in [0.15, 0.2) is 0 Å². The van der Waals surface area contributed by atoms with Gasteiger partial charge < -0.3 is 4.74 Å². The van der Waals surface area contributed by atoms with Gasteiger partial charge in [-0.2, -0.15) is 5.21 Å². The number of tetrazole rings is 1. The second kappa shape index (κ2) is 4.99. The summed E-state index contributed by atoms with van der Waals surface area (Å²) < 4.78 is 29.3. The van der Waals surface area contributed by atoms with Gasteiger partial charge in [-0.3, -0.25) is 4.79 Å². The highest BCUT2D eigenvalue weighted by atomic mass is 32.2. The summed E-state index contributed by atoms with van der Waals surface area (Å²) in [5, 5.41) is 12.7. The van der Waals surface area contributed by atoms with Gasteiger partial charge in [-0.15, -0.1) is 10.2 Å². The number of nitrogens with one attached hydrogen (secondary N) is 2. The van der Waals surface area contributed by atoms with Crippen LogP contribution < -0.4 is 4.72 Å². The average Bonchev–Trinajstić information content (AvgIpc) is 2.68. The topological polar surface area (TPSA) is 127 Å². The first-order valence-corrected chi connectivity index (χ1v) is 5.90. The minimum Gasteiger partial charge on any atom is -0.468 e. The maximum atomic E-state index is 11.4. The minimum absolute atomic E-state index is 0.188. The molecule has 9 nitrogen and oxygen atoms in total. The first-order chi connectivity index (χ1) is 7.44. The van der Waals surface area contributed by atoms with E-state index in [1.54, 1.807) is 0 Å². The van der Waals surface area contributed by atoms with Gasteiger partial charge in [-0.25, -0.2) is 13.1 Å². The van der Waals surface area contributed by atoms with Crippen molar-refractivity contribution >= 4 is 16.0 Å². The molecule has 0 saturated carbocycles. The highest BCUT2D eigenvalue weighted by Crippen LogP contribution is 2.05. The predicted octanol–water partition coefficient (Wildman–Crippen LogP) is -1.65.